The molecule has 0 aromatic rings. The maximum Gasteiger partial charge on any atom is 0.419 e. The van der Waals surface area contributed by atoms with Gasteiger partial charge in [-0.1, -0.05) is 12.7 Å². The Morgan fingerprint density at radius 3 is 2.25 bits per heavy atom. The van der Waals surface area contributed by atoms with Gasteiger partial charge in [0, 0.05) is 0 Å². The number of allylic oxidation sites excluding steroid dienone is 3. The Hall–Kier alpha value is -0.930. The predicted molar refractivity (Wildman–Crippen MR) is 40.6 cm³/mol. The van der Waals surface area contributed by atoms with Crippen LogP contribution in [0.5, 0.6) is 0 Å². The zero-order valence-electron chi connectivity index (χ0n) is 7.03. The predicted octanol–water partition coefficient (Wildman–Crippen LogP) is 3.05. The second-order valence-electron chi connectivity index (χ2n) is 2.10. The largest absolute Gasteiger partial charge is 0.498 e. The van der Waals surface area contributed by atoms with Crippen LogP contribution < -0.4 is 0 Å². The maximum atomic E-state index is 12.1. The fraction of sp³-hybridized carbons (Fsp3) is 0.500. The summed E-state index contributed by atoms with van der Waals surface area (Å²) in [7, 11) is 0. The summed E-state index contributed by atoms with van der Waals surface area (Å²) in [5.74, 6) is -0.139. The van der Waals surface area contributed by atoms with Gasteiger partial charge in [-0.2, -0.15) is 13.2 Å². The number of alkyl halides is 3. The molecule has 0 radical (unpaired) electrons. The summed E-state index contributed by atoms with van der Waals surface area (Å²) in [5, 5.41) is 0. The zero-order chi connectivity index (χ0) is 9.78. The molecule has 70 valence electrons. The van der Waals surface area contributed by atoms with Crippen molar-refractivity contribution >= 4 is 0 Å². The molecule has 0 saturated heterocycles. The lowest BCUT2D eigenvalue weighted by Crippen LogP contribution is -2.12. The molecule has 0 aromatic carbocycles. The number of ether oxygens (including phenoxy) is 1. The molecule has 0 atom stereocenters. The van der Waals surface area contributed by atoms with E-state index in [1.807, 2.05) is 0 Å². The molecule has 0 unspecified atom stereocenters. The summed E-state index contributed by atoms with van der Waals surface area (Å²) in [6, 6.07) is 0. The summed E-state index contributed by atoms with van der Waals surface area (Å²) in [6.45, 7) is 6.19. The average Bonchev–Trinajstić information content (AvgIpc) is 1.85. The highest BCUT2D eigenvalue weighted by molar-refractivity contribution is 5.24. The number of hydrogen-bond acceptors (Lipinski definition) is 1. The van der Waals surface area contributed by atoms with Crippen LogP contribution in [0.4, 0.5) is 13.2 Å². The van der Waals surface area contributed by atoms with Crippen LogP contribution in [-0.4, -0.2) is 12.8 Å². The van der Waals surface area contributed by atoms with Gasteiger partial charge in [0.1, 0.15) is 5.76 Å². The molecule has 0 aliphatic carbocycles. The summed E-state index contributed by atoms with van der Waals surface area (Å²) < 4.78 is 41.0. The van der Waals surface area contributed by atoms with Crippen molar-refractivity contribution in [3.8, 4) is 0 Å². The van der Waals surface area contributed by atoms with E-state index in [0.717, 1.165) is 6.08 Å². The molecule has 0 N–H and O–H groups in total. The van der Waals surface area contributed by atoms with E-state index >= 15 is 0 Å². The molecule has 0 aromatic heterocycles. The molecule has 0 fully saturated rings. The first-order chi connectivity index (χ1) is 5.43. The monoisotopic (exact) mass is 180 g/mol. The second-order valence-corrected chi connectivity index (χ2v) is 2.10. The van der Waals surface area contributed by atoms with Gasteiger partial charge in [-0.3, -0.25) is 0 Å². The Morgan fingerprint density at radius 2 is 2.00 bits per heavy atom. The van der Waals surface area contributed by atoms with Crippen molar-refractivity contribution in [3.05, 3.63) is 24.0 Å². The minimum atomic E-state index is -4.37. The Balaban J connectivity index is 4.73. The molecule has 0 aliphatic rings. The highest BCUT2D eigenvalue weighted by Gasteiger charge is 2.33. The lowest BCUT2D eigenvalue weighted by atomic mass is 10.2. The fourth-order valence-electron chi connectivity index (χ4n) is 0.753. The van der Waals surface area contributed by atoms with E-state index < -0.39 is 11.7 Å². The van der Waals surface area contributed by atoms with Crippen LogP contribution in [-0.2, 0) is 4.74 Å². The normalized spacial score (nSPS) is 13.8. The average molecular weight is 180 g/mol. The maximum absolute atomic E-state index is 12.1. The number of hydrogen-bond donors (Lipinski definition) is 0. The van der Waals surface area contributed by atoms with Gasteiger partial charge >= 0.3 is 6.18 Å². The molecule has 12 heavy (non-hydrogen) atoms. The van der Waals surface area contributed by atoms with Gasteiger partial charge in [0.05, 0.1) is 12.2 Å². The Kier molecular flexibility index (Phi) is 3.86. The third-order valence-corrected chi connectivity index (χ3v) is 1.25. The van der Waals surface area contributed by atoms with Crippen molar-refractivity contribution in [3.63, 3.8) is 0 Å². The number of rotatable bonds is 3. The Morgan fingerprint density at radius 1 is 1.50 bits per heavy atom. The van der Waals surface area contributed by atoms with Crippen LogP contribution in [0.15, 0.2) is 24.0 Å². The molecule has 0 aliphatic heterocycles. The van der Waals surface area contributed by atoms with Crippen LogP contribution >= 0.6 is 0 Å². The molecule has 0 saturated carbocycles. The van der Waals surface area contributed by atoms with E-state index in [-0.39, 0.29) is 12.4 Å². The highest BCUT2D eigenvalue weighted by atomic mass is 19.4. The third kappa shape index (κ3) is 2.98. The van der Waals surface area contributed by atoms with E-state index in [9.17, 15) is 13.2 Å². The minimum Gasteiger partial charge on any atom is -0.498 e. The van der Waals surface area contributed by atoms with Crippen LogP contribution in [0.3, 0.4) is 0 Å². The lowest BCUT2D eigenvalue weighted by molar-refractivity contribution is -0.0915. The summed E-state index contributed by atoms with van der Waals surface area (Å²) in [4.78, 5) is 0. The van der Waals surface area contributed by atoms with Crippen molar-refractivity contribution in [2.24, 2.45) is 0 Å². The van der Waals surface area contributed by atoms with Crippen LogP contribution in [0, 0.1) is 0 Å². The molecule has 4 heteroatoms. The summed E-state index contributed by atoms with van der Waals surface area (Å²) in [5.41, 5.74) is -0.815. The SMILES string of the molecule is C=C/C(=C(\C)OCC)C(F)(F)F. The van der Waals surface area contributed by atoms with Gasteiger partial charge in [-0.25, -0.2) is 0 Å². The van der Waals surface area contributed by atoms with Gasteiger partial charge < -0.3 is 4.74 Å². The molecular formula is C8H11F3O. The quantitative estimate of drug-likeness (QED) is 0.479. The van der Waals surface area contributed by atoms with Gasteiger partial charge in [-0.15, -0.1) is 0 Å². The third-order valence-electron chi connectivity index (χ3n) is 1.25. The van der Waals surface area contributed by atoms with Crippen molar-refractivity contribution in [2.45, 2.75) is 20.0 Å². The first-order valence-corrected chi connectivity index (χ1v) is 3.46. The van der Waals surface area contributed by atoms with Crippen molar-refractivity contribution in [2.75, 3.05) is 6.61 Å². The first kappa shape index (κ1) is 11.1. The van der Waals surface area contributed by atoms with Crippen LogP contribution in [0.25, 0.3) is 0 Å². The van der Waals surface area contributed by atoms with E-state index in [0.29, 0.717) is 0 Å². The minimum absolute atomic E-state index is 0.139. The fourth-order valence-corrected chi connectivity index (χ4v) is 0.753. The summed E-state index contributed by atoms with van der Waals surface area (Å²) in [6.07, 6.45) is -3.62. The standard InChI is InChI=1S/C8H11F3O/c1-4-7(8(9,10)11)6(3)12-5-2/h4H,1,5H2,2-3H3/b7-6-. The molecule has 0 bridgehead atoms. The van der Waals surface area contributed by atoms with Gasteiger partial charge in [0.25, 0.3) is 0 Å². The van der Waals surface area contributed by atoms with Gasteiger partial charge in [-0.05, 0) is 13.8 Å². The Labute approximate surface area is 69.5 Å². The number of halogens is 3. The van der Waals surface area contributed by atoms with E-state index in [1.165, 1.54) is 6.92 Å². The van der Waals surface area contributed by atoms with Gasteiger partial charge in [0.2, 0.25) is 0 Å². The molecule has 0 rings (SSSR count). The van der Waals surface area contributed by atoms with Crippen LogP contribution in [0.2, 0.25) is 0 Å². The molecule has 0 spiro atoms. The van der Waals surface area contributed by atoms with E-state index in [2.05, 4.69) is 6.58 Å². The molecular weight excluding hydrogens is 169 g/mol. The first-order valence-electron chi connectivity index (χ1n) is 3.46. The molecule has 0 amide bonds. The van der Waals surface area contributed by atoms with E-state index in [1.54, 1.807) is 6.92 Å². The summed E-state index contributed by atoms with van der Waals surface area (Å²) >= 11 is 0. The van der Waals surface area contributed by atoms with E-state index in [4.69, 9.17) is 4.74 Å². The topological polar surface area (TPSA) is 9.23 Å². The molecule has 1 nitrogen and oxygen atoms in total. The second kappa shape index (κ2) is 4.18. The molecule has 0 heterocycles. The highest BCUT2D eigenvalue weighted by Crippen LogP contribution is 2.29. The zero-order valence-corrected chi connectivity index (χ0v) is 7.03. The smallest absolute Gasteiger partial charge is 0.419 e. The van der Waals surface area contributed by atoms with Crippen LogP contribution in [0.1, 0.15) is 13.8 Å². The van der Waals surface area contributed by atoms with Gasteiger partial charge in [0.15, 0.2) is 0 Å². The Bertz CT molecular complexity index is 191. The van der Waals surface area contributed by atoms with Crippen molar-refractivity contribution < 1.29 is 17.9 Å². The van der Waals surface area contributed by atoms with Crippen molar-refractivity contribution in [1.82, 2.24) is 0 Å². The lowest BCUT2D eigenvalue weighted by Gasteiger charge is -2.11. The van der Waals surface area contributed by atoms with Crippen molar-refractivity contribution in [1.29, 1.82) is 0 Å².